The average molecular weight is 389 g/mol. The lowest BCUT2D eigenvalue weighted by Gasteiger charge is -2.11. The van der Waals surface area contributed by atoms with E-state index in [2.05, 4.69) is 5.32 Å². The second kappa shape index (κ2) is 9.60. The van der Waals surface area contributed by atoms with Gasteiger partial charge in [0.05, 0.1) is 18.7 Å². The van der Waals surface area contributed by atoms with Crippen LogP contribution in [0, 0.1) is 17.1 Å². The van der Waals surface area contributed by atoms with Crippen LogP contribution in [0.25, 0.3) is 6.08 Å². The molecule has 0 saturated carbocycles. The minimum Gasteiger partial charge on any atom is -0.493 e. The standard InChI is InChI=1S/C20H18ClFN2O3/c1-3-8-27-19-10-13(4-7-18(19)26-2)9-14(12-23)20(25)24-15-5-6-17(22)16(21)11-15/h4-7,9-11H,3,8H2,1-2H3,(H,24,25)/b14-9+. The van der Waals surface area contributed by atoms with E-state index >= 15 is 0 Å². The van der Waals surface area contributed by atoms with Crippen molar-refractivity contribution < 1.29 is 18.7 Å². The molecule has 1 amide bonds. The van der Waals surface area contributed by atoms with Gasteiger partial charge in [-0.2, -0.15) is 5.26 Å². The van der Waals surface area contributed by atoms with Crippen molar-refractivity contribution in [2.75, 3.05) is 19.0 Å². The number of rotatable bonds is 7. The minimum absolute atomic E-state index is 0.122. The van der Waals surface area contributed by atoms with Gasteiger partial charge in [-0.3, -0.25) is 4.79 Å². The number of nitrogens with one attached hydrogen (secondary N) is 1. The van der Waals surface area contributed by atoms with E-state index in [1.54, 1.807) is 18.2 Å². The Balaban J connectivity index is 2.25. The molecule has 0 aliphatic heterocycles. The Bertz CT molecular complexity index is 907. The molecular weight excluding hydrogens is 371 g/mol. The molecule has 0 unspecified atom stereocenters. The van der Waals surface area contributed by atoms with E-state index in [9.17, 15) is 14.4 Å². The zero-order valence-electron chi connectivity index (χ0n) is 14.9. The Hall–Kier alpha value is -3.04. The first-order valence-corrected chi connectivity index (χ1v) is 8.55. The summed E-state index contributed by atoms with van der Waals surface area (Å²) in [7, 11) is 1.53. The number of methoxy groups -OCH3 is 1. The fraction of sp³-hybridized carbons (Fsp3) is 0.200. The van der Waals surface area contributed by atoms with Gasteiger partial charge in [-0.15, -0.1) is 0 Å². The Morgan fingerprint density at radius 2 is 2.07 bits per heavy atom. The predicted molar refractivity (Wildman–Crippen MR) is 102 cm³/mol. The van der Waals surface area contributed by atoms with E-state index in [0.717, 1.165) is 12.5 Å². The Morgan fingerprint density at radius 1 is 1.30 bits per heavy atom. The number of carbonyl (C=O) groups excluding carboxylic acids is 1. The monoisotopic (exact) mass is 388 g/mol. The highest BCUT2D eigenvalue weighted by atomic mass is 35.5. The quantitative estimate of drug-likeness (QED) is 0.545. The third-order valence-electron chi connectivity index (χ3n) is 3.50. The van der Waals surface area contributed by atoms with E-state index in [1.165, 1.54) is 25.3 Å². The first kappa shape index (κ1) is 20.3. The molecule has 2 rings (SSSR count). The summed E-state index contributed by atoms with van der Waals surface area (Å²) < 4.78 is 24.1. The SMILES string of the molecule is CCCOc1cc(/C=C(\C#N)C(=O)Nc2ccc(F)c(Cl)c2)ccc1OC. The lowest BCUT2D eigenvalue weighted by molar-refractivity contribution is -0.112. The van der Waals surface area contributed by atoms with Gasteiger partial charge in [0, 0.05) is 5.69 Å². The van der Waals surface area contributed by atoms with E-state index in [0.29, 0.717) is 23.7 Å². The molecule has 0 spiro atoms. The van der Waals surface area contributed by atoms with Gasteiger partial charge in [-0.25, -0.2) is 4.39 Å². The Labute approximate surface area is 162 Å². The van der Waals surface area contributed by atoms with Crippen molar-refractivity contribution >= 4 is 29.3 Å². The lowest BCUT2D eigenvalue weighted by atomic mass is 10.1. The van der Waals surface area contributed by atoms with Crippen LogP contribution in [0.5, 0.6) is 11.5 Å². The van der Waals surface area contributed by atoms with Crippen LogP contribution in [-0.4, -0.2) is 19.6 Å². The van der Waals surface area contributed by atoms with E-state index in [1.807, 2.05) is 13.0 Å². The number of ether oxygens (including phenoxy) is 2. The van der Waals surface area contributed by atoms with Crippen LogP contribution >= 0.6 is 11.6 Å². The van der Waals surface area contributed by atoms with Gasteiger partial charge >= 0.3 is 0 Å². The molecule has 27 heavy (non-hydrogen) atoms. The number of hydrogen-bond acceptors (Lipinski definition) is 4. The summed E-state index contributed by atoms with van der Waals surface area (Å²) in [6.07, 6.45) is 2.26. The highest BCUT2D eigenvalue weighted by Gasteiger charge is 2.12. The summed E-state index contributed by atoms with van der Waals surface area (Å²) in [6.45, 7) is 2.50. The Kier molecular flexibility index (Phi) is 7.21. The van der Waals surface area contributed by atoms with Crippen molar-refractivity contribution in [3.8, 4) is 17.6 Å². The van der Waals surface area contributed by atoms with E-state index in [-0.39, 0.29) is 16.3 Å². The van der Waals surface area contributed by atoms with Gasteiger partial charge in [0.25, 0.3) is 5.91 Å². The number of nitriles is 1. The number of carbonyl (C=O) groups is 1. The highest BCUT2D eigenvalue weighted by Crippen LogP contribution is 2.29. The average Bonchev–Trinajstić information content (AvgIpc) is 2.67. The number of benzene rings is 2. The molecule has 2 aromatic rings. The second-order valence-corrected chi connectivity index (χ2v) is 5.92. The van der Waals surface area contributed by atoms with Crippen molar-refractivity contribution in [1.82, 2.24) is 0 Å². The topological polar surface area (TPSA) is 71.3 Å². The number of halogens is 2. The van der Waals surface area contributed by atoms with Gasteiger partial charge < -0.3 is 14.8 Å². The molecule has 0 atom stereocenters. The molecule has 0 heterocycles. The van der Waals surface area contributed by atoms with Gasteiger partial charge in [0.1, 0.15) is 17.5 Å². The zero-order chi connectivity index (χ0) is 19.8. The van der Waals surface area contributed by atoms with Crippen molar-refractivity contribution in [3.63, 3.8) is 0 Å². The molecule has 0 bridgehead atoms. The van der Waals surface area contributed by atoms with Crippen molar-refractivity contribution in [3.05, 3.63) is 58.4 Å². The van der Waals surface area contributed by atoms with Gasteiger partial charge in [0.2, 0.25) is 0 Å². The first-order chi connectivity index (χ1) is 13.0. The lowest BCUT2D eigenvalue weighted by Crippen LogP contribution is -2.13. The number of hydrogen-bond donors (Lipinski definition) is 1. The van der Waals surface area contributed by atoms with E-state index in [4.69, 9.17) is 21.1 Å². The molecule has 0 aromatic heterocycles. The molecule has 0 aliphatic rings. The molecule has 0 fully saturated rings. The fourth-order valence-electron chi connectivity index (χ4n) is 2.20. The zero-order valence-corrected chi connectivity index (χ0v) is 15.6. The van der Waals surface area contributed by atoms with Crippen LogP contribution in [0.15, 0.2) is 42.0 Å². The third kappa shape index (κ3) is 5.47. The van der Waals surface area contributed by atoms with Crippen LogP contribution in [-0.2, 0) is 4.79 Å². The molecule has 140 valence electrons. The van der Waals surface area contributed by atoms with Crippen molar-refractivity contribution in [2.45, 2.75) is 13.3 Å². The summed E-state index contributed by atoms with van der Waals surface area (Å²) >= 11 is 5.70. The second-order valence-electron chi connectivity index (χ2n) is 5.51. The van der Waals surface area contributed by atoms with Gasteiger partial charge in [-0.1, -0.05) is 24.6 Å². The van der Waals surface area contributed by atoms with Crippen molar-refractivity contribution in [2.24, 2.45) is 0 Å². The van der Waals surface area contributed by atoms with E-state index < -0.39 is 11.7 Å². The summed E-state index contributed by atoms with van der Waals surface area (Å²) in [5.41, 5.74) is 0.766. The summed E-state index contributed by atoms with van der Waals surface area (Å²) in [5, 5.41) is 11.7. The number of amides is 1. The normalized spacial score (nSPS) is 10.9. The molecule has 1 N–H and O–H groups in total. The summed E-state index contributed by atoms with van der Waals surface area (Å²) in [5.74, 6) is -0.142. The predicted octanol–water partition coefficient (Wildman–Crippen LogP) is 4.82. The van der Waals surface area contributed by atoms with Crippen LogP contribution < -0.4 is 14.8 Å². The van der Waals surface area contributed by atoms with Crippen LogP contribution in [0.4, 0.5) is 10.1 Å². The van der Waals surface area contributed by atoms with Crippen LogP contribution in [0.3, 0.4) is 0 Å². The molecule has 0 saturated heterocycles. The van der Waals surface area contributed by atoms with Crippen molar-refractivity contribution in [1.29, 1.82) is 5.26 Å². The molecule has 0 aliphatic carbocycles. The maximum Gasteiger partial charge on any atom is 0.266 e. The maximum absolute atomic E-state index is 13.2. The summed E-state index contributed by atoms with van der Waals surface area (Å²) in [4.78, 5) is 12.3. The molecule has 7 heteroatoms. The molecule has 5 nitrogen and oxygen atoms in total. The first-order valence-electron chi connectivity index (χ1n) is 8.17. The summed E-state index contributed by atoms with van der Waals surface area (Å²) in [6, 6.07) is 10.7. The number of anilines is 1. The maximum atomic E-state index is 13.2. The smallest absolute Gasteiger partial charge is 0.266 e. The fourth-order valence-corrected chi connectivity index (χ4v) is 2.38. The third-order valence-corrected chi connectivity index (χ3v) is 3.79. The van der Waals surface area contributed by atoms with Crippen LogP contribution in [0.2, 0.25) is 5.02 Å². The number of nitrogens with zero attached hydrogens (tertiary/aromatic N) is 1. The van der Waals surface area contributed by atoms with Gasteiger partial charge in [0.15, 0.2) is 11.5 Å². The molecule has 2 aromatic carbocycles. The Morgan fingerprint density at radius 3 is 2.70 bits per heavy atom. The largest absolute Gasteiger partial charge is 0.493 e. The molecular formula is C20H18ClFN2O3. The highest BCUT2D eigenvalue weighted by molar-refractivity contribution is 6.31. The van der Waals surface area contributed by atoms with Gasteiger partial charge in [-0.05, 0) is 48.4 Å². The minimum atomic E-state index is -0.632. The van der Waals surface area contributed by atoms with Crippen LogP contribution in [0.1, 0.15) is 18.9 Å². The molecule has 0 radical (unpaired) electrons.